The molecular formula is C16H23N3S. The molecule has 2 fully saturated rings. The number of thiocarbonyl (C=S) groups is 1. The monoisotopic (exact) mass is 289 g/mol. The number of nitrogens with zero attached hydrogens (tertiary/aromatic N) is 2. The van der Waals surface area contributed by atoms with E-state index in [-0.39, 0.29) is 0 Å². The Kier molecular flexibility index (Phi) is 4.06. The van der Waals surface area contributed by atoms with Crippen LogP contribution in [0, 0.1) is 0 Å². The summed E-state index contributed by atoms with van der Waals surface area (Å²) in [6.07, 6.45) is 4.03. The Hall–Kier alpha value is -0.970. The van der Waals surface area contributed by atoms with E-state index in [1.54, 1.807) is 0 Å². The zero-order chi connectivity index (χ0) is 14.1. The zero-order valence-electron chi connectivity index (χ0n) is 12.1. The molecule has 0 radical (unpaired) electrons. The second-order valence-electron chi connectivity index (χ2n) is 6.14. The van der Waals surface area contributed by atoms with E-state index in [0.29, 0.717) is 4.99 Å². The summed E-state index contributed by atoms with van der Waals surface area (Å²) in [5, 5.41) is 0. The van der Waals surface area contributed by atoms with Crippen LogP contribution in [0.25, 0.3) is 0 Å². The second-order valence-corrected chi connectivity index (χ2v) is 6.58. The smallest absolute Gasteiger partial charge is 0.103 e. The summed E-state index contributed by atoms with van der Waals surface area (Å²) in [5.41, 5.74) is 8.01. The van der Waals surface area contributed by atoms with Crippen molar-refractivity contribution in [2.24, 2.45) is 5.73 Å². The van der Waals surface area contributed by atoms with Crippen LogP contribution >= 0.6 is 12.2 Å². The van der Waals surface area contributed by atoms with Crippen molar-refractivity contribution < 1.29 is 0 Å². The molecule has 108 valence electrons. The maximum Gasteiger partial charge on any atom is 0.103 e. The fourth-order valence-electron chi connectivity index (χ4n) is 3.60. The van der Waals surface area contributed by atoms with E-state index in [4.69, 9.17) is 18.0 Å². The molecule has 2 aliphatic heterocycles. The third-order valence-corrected chi connectivity index (χ3v) is 5.09. The van der Waals surface area contributed by atoms with Crippen molar-refractivity contribution in [1.82, 2.24) is 9.80 Å². The summed E-state index contributed by atoms with van der Waals surface area (Å²) in [6, 6.07) is 9.89. The van der Waals surface area contributed by atoms with E-state index < -0.39 is 0 Å². The first kappa shape index (κ1) is 14.0. The van der Waals surface area contributed by atoms with Gasteiger partial charge in [0.25, 0.3) is 0 Å². The Balaban J connectivity index is 1.69. The predicted octanol–water partition coefficient (Wildman–Crippen LogP) is 1.99. The van der Waals surface area contributed by atoms with E-state index in [9.17, 15) is 0 Å². The molecule has 2 aliphatic rings. The van der Waals surface area contributed by atoms with Crippen LogP contribution < -0.4 is 5.73 Å². The summed E-state index contributed by atoms with van der Waals surface area (Å²) < 4.78 is 0. The van der Waals surface area contributed by atoms with Gasteiger partial charge >= 0.3 is 0 Å². The molecule has 4 heteroatoms. The van der Waals surface area contributed by atoms with Crippen molar-refractivity contribution in [2.75, 3.05) is 20.1 Å². The lowest BCUT2D eigenvalue weighted by molar-refractivity contribution is 0.214. The number of hydrogen-bond acceptors (Lipinski definition) is 3. The summed E-state index contributed by atoms with van der Waals surface area (Å²) in [4.78, 5) is 5.66. The number of fused-ring (bicyclic) bond motifs is 2. The van der Waals surface area contributed by atoms with Crippen LogP contribution in [0.1, 0.15) is 30.4 Å². The Morgan fingerprint density at radius 2 is 2.10 bits per heavy atom. The maximum atomic E-state index is 5.72. The van der Waals surface area contributed by atoms with Gasteiger partial charge in [-0.3, -0.25) is 9.80 Å². The maximum absolute atomic E-state index is 5.72. The molecule has 2 saturated heterocycles. The lowest BCUT2D eigenvalue weighted by Gasteiger charge is -2.25. The minimum Gasteiger partial charge on any atom is -0.389 e. The highest BCUT2D eigenvalue weighted by Gasteiger charge is 2.34. The fraction of sp³-hybridized carbons (Fsp3) is 0.562. The van der Waals surface area contributed by atoms with E-state index in [1.165, 1.54) is 37.9 Å². The van der Waals surface area contributed by atoms with Gasteiger partial charge in [0.1, 0.15) is 4.99 Å². The van der Waals surface area contributed by atoms with Crippen LogP contribution in [0.2, 0.25) is 0 Å². The number of hydrogen-bond donors (Lipinski definition) is 1. The van der Waals surface area contributed by atoms with E-state index in [0.717, 1.165) is 24.2 Å². The van der Waals surface area contributed by atoms with Gasteiger partial charge < -0.3 is 5.73 Å². The molecule has 2 N–H and O–H groups in total. The quantitative estimate of drug-likeness (QED) is 0.863. The largest absolute Gasteiger partial charge is 0.389 e. The number of nitrogens with two attached hydrogens (primary N) is 1. The molecular weight excluding hydrogens is 266 g/mol. The summed E-state index contributed by atoms with van der Waals surface area (Å²) in [7, 11) is 2.29. The average molecular weight is 289 g/mol. The molecule has 1 aromatic carbocycles. The fourth-order valence-corrected chi connectivity index (χ4v) is 3.73. The van der Waals surface area contributed by atoms with Gasteiger partial charge in [-0.1, -0.05) is 30.4 Å². The van der Waals surface area contributed by atoms with Crippen LogP contribution in [0.15, 0.2) is 24.3 Å². The van der Waals surface area contributed by atoms with Crippen molar-refractivity contribution in [3.8, 4) is 0 Å². The summed E-state index contributed by atoms with van der Waals surface area (Å²) >= 11 is 5.06. The lowest BCUT2D eigenvalue weighted by atomic mass is 10.1. The molecule has 0 amide bonds. The molecule has 0 saturated carbocycles. The van der Waals surface area contributed by atoms with Crippen LogP contribution in [0.5, 0.6) is 0 Å². The van der Waals surface area contributed by atoms with Crippen LogP contribution in [0.4, 0.5) is 0 Å². The Morgan fingerprint density at radius 1 is 1.30 bits per heavy atom. The molecule has 3 rings (SSSR count). The number of likely N-dealkylation sites (N-methyl/N-ethyl adjacent to an activating group) is 1. The number of likely N-dealkylation sites (tertiary alicyclic amines) is 1. The van der Waals surface area contributed by atoms with Crippen LogP contribution in [-0.2, 0) is 6.54 Å². The minimum atomic E-state index is 0.488. The van der Waals surface area contributed by atoms with Crippen molar-refractivity contribution in [3.05, 3.63) is 35.4 Å². The SMILES string of the molecule is CN1C2CCC1CN(Cc1cccc(C(N)=S)c1)CC2. The van der Waals surface area contributed by atoms with Gasteiger partial charge in [-0.15, -0.1) is 0 Å². The van der Waals surface area contributed by atoms with Crippen LogP contribution in [-0.4, -0.2) is 47.0 Å². The summed E-state index contributed by atoms with van der Waals surface area (Å²) in [5.74, 6) is 0. The molecule has 2 atom stereocenters. The molecule has 0 spiro atoms. The normalized spacial score (nSPS) is 27.4. The molecule has 20 heavy (non-hydrogen) atoms. The van der Waals surface area contributed by atoms with Crippen molar-refractivity contribution in [1.29, 1.82) is 0 Å². The first-order valence-corrected chi connectivity index (χ1v) is 7.87. The predicted molar refractivity (Wildman–Crippen MR) is 86.8 cm³/mol. The molecule has 2 unspecified atom stereocenters. The lowest BCUT2D eigenvalue weighted by Crippen LogP contribution is -2.36. The molecule has 0 aromatic heterocycles. The summed E-state index contributed by atoms with van der Waals surface area (Å²) in [6.45, 7) is 3.39. The Labute approximate surface area is 126 Å². The number of rotatable bonds is 3. The minimum absolute atomic E-state index is 0.488. The van der Waals surface area contributed by atoms with E-state index in [1.807, 2.05) is 6.07 Å². The Bertz CT molecular complexity index is 502. The van der Waals surface area contributed by atoms with Crippen molar-refractivity contribution >= 4 is 17.2 Å². The molecule has 1 aromatic rings. The van der Waals surface area contributed by atoms with Gasteiger partial charge in [0.05, 0.1) is 0 Å². The first-order chi connectivity index (χ1) is 9.63. The highest BCUT2D eigenvalue weighted by molar-refractivity contribution is 7.80. The first-order valence-electron chi connectivity index (χ1n) is 7.46. The highest BCUT2D eigenvalue weighted by atomic mass is 32.1. The van der Waals surface area contributed by atoms with E-state index in [2.05, 4.69) is 35.0 Å². The van der Waals surface area contributed by atoms with Gasteiger partial charge in [0.2, 0.25) is 0 Å². The van der Waals surface area contributed by atoms with Crippen molar-refractivity contribution in [3.63, 3.8) is 0 Å². The van der Waals surface area contributed by atoms with E-state index >= 15 is 0 Å². The number of benzene rings is 1. The molecule has 3 nitrogen and oxygen atoms in total. The van der Waals surface area contributed by atoms with Crippen LogP contribution in [0.3, 0.4) is 0 Å². The second kappa shape index (κ2) is 5.80. The zero-order valence-corrected chi connectivity index (χ0v) is 12.9. The third-order valence-electron chi connectivity index (χ3n) is 4.85. The van der Waals surface area contributed by atoms with Gasteiger partial charge in [0, 0.05) is 37.3 Å². The average Bonchev–Trinajstić information content (AvgIpc) is 2.67. The van der Waals surface area contributed by atoms with Gasteiger partial charge in [0.15, 0.2) is 0 Å². The third kappa shape index (κ3) is 2.87. The van der Waals surface area contributed by atoms with Crippen molar-refractivity contribution in [2.45, 2.75) is 37.9 Å². The highest BCUT2D eigenvalue weighted by Crippen LogP contribution is 2.29. The van der Waals surface area contributed by atoms with Gasteiger partial charge in [-0.2, -0.15) is 0 Å². The standard InChI is InChI=1S/C16H23N3S/c1-18-14-5-6-15(18)11-19(8-7-14)10-12-3-2-4-13(9-12)16(17)20/h2-4,9,14-15H,5-8,10-11H2,1H3,(H2,17,20). The van der Waals surface area contributed by atoms with Gasteiger partial charge in [-0.25, -0.2) is 0 Å². The molecule has 2 bridgehead atoms. The molecule has 0 aliphatic carbocycles. The topological polar surface area (TPSA) is 32.5 Å². The molecule has 2 heterocycles. The van der Waals surface area contributed by atoms with Gasteiger partial charge in [-0.05, 0) is 37.9 Å². The Morgan fingerprint density at radius 3 is 2.90 bits per heavy atom.